The molecule has 1 N–H and O–H groups in total. The molecule has 5 rings (SSSR count). The lowest BCUT2D eigenvalue weighted by atomic mass is 9.95. The smallest absolute Gasteiger partial charge is 0.0943 e. The maximum atomic E-state index is 5.28. The monoisotopic (exact) mass is 470 g/mol. The van der Waals surface area contributed by atoms with Crippen molar-refractivity contribution in [3.8, 4) is 11.3 Å². The van der Waals surface area contributed by atoms with Crippen molar-refractivity contribution in [2.45, 2.75) is 46.1 Å². The highest BCUT2D eigenvalue weighted by Gasteiger charge is 2.21. The Labute approximate surface area is 215 Å². The summed E-state index contributed by atoms with van der Waals surface area (Å²) in [5.41, 5.74) is 9.70. The molecule has 1 atom stereocenters. The number of para-hydroxylation sites is 1. The predicted octanol–water partition coefficient (Wildman–Crippen LogP) is 8.93. The summed E-state index contributed by atoms with van der Waals surface area (Å²) in [6.07, 6.45) is 3.16. The summed E-state index contributed by atoms with van der Waals surface area (Å²) < 4.78 is 0. The van der Waals surface area contributed by atoms with E-state index in [1.54, 1.807) is 0 Å². The largest absolute Gasteiger partial charge is 0.372 e. The SMILES string of the molecule is CCCc1cccc(CC)c1NC(c1cccc(-c2cccc3ccccc23)n1)c1ccccc1C. The molecule has 180 valence electrons. The lowest BCUT2D eigenvalue weighted by molar-refractivity contribution is 0.859. The Morgan fingerprint density at radius 3 is 2.28 bits per heavy atom. The number of rotatable bonds is 8. The third-order valence-electron chi connectivity index (χ3n) is 7.06. The first-order valence-electron chi connectivity index (χ1n) is 13.1. The van der Waals surface area contributed by atoms with E-state index in [-0.39, 0.29) is 6.04 Å². The van der Waals surface area contributed by atoms with Crippen LogP contribution in [0.1, 0.15) is 54.3 Å². The minimum atomic E-state index is -0.0515. The van der Waals surface area contributed by atoms with Crippen LogP contribution in [0.4, 0.5) is 5.69 Å². The first-order chi connectivity index (χ1) is 17.7. The topological polar surface area (TPSA) is 24.9 Å². The van der Waals surface area contributed by atoms with E-state index in [4.69, 9.17) is 4.98 Å². The molecular formula is C34H34N2. The van der Waals surface area contributed by atoms with Crippen molar-refractivity contribution < 1.29 is 0 Å². The zero-order chi connectivity index (χ0) is 24.9. The van der Waals surface area contributed by atoms with Crippen LogP contribution in [0, 0.1) is 6.92 Å². The minimum Gasteiger partial charge on any atom is -0.372 e. The van der Waals surface area contributed by atoms with Crippen LogP contribution < -0.4 is 5.32 Å². The quantitative estimate of drug-likeness (QED) is 0.245. The molecule has 36 heavy (non-hydrogen) atoms. The van der Waals surface area contributed by atoms with Gasteiger partial charge in [-0.1, -0.05) is 111 Å². The molecule has 1 heterocycles. The number of aryl methyl sites for hydroxylation is 3. The van der Waals surface area contributed by atoms with Crippen LogP contribution in [-0.4, -0.2) is 4.98 Å². The van der Waals surface area contributed by atoms with Gasteiger partial charge in [0.1, 0.15) is 0 Å². The van der Waals surface area contributed by atoms with E-state index in [9.17, 15) is 0 Å². The summed E-state index contributed by atoms with van der Waals surface area (Å²) in [4.78, 5) is 5.28. The van der Waals surface area contributed by atoms with Crippen LogP contribution in [-0.2, 0) is 12.8 Å². The van der Waals surface area contributed by atoms with Crippen molar-refractivity contribution in [3.63, 3.8) is 0 Å². The molecule has 0 saturated heterocycles. The van der Waals surface area contributed by atoms with Crippen LogP contribution in [0.5, 0.6) is 0 Å². The molecule has 5 aromatic rings. The third kappa shape index (κ3) is 4.77. The minimum absolute atomic E-state index is 0.0515. The van der Waals surface area contributed by atoms with Crippen molar-refractivity contribution in [2.24, 2.45) is 0 Å². The van der Waals surface area contributed by atoms with E-state index >= 15 is 0 Å². The average Bonchev–Trinajstić information content (AvgIpc) is 2.92. The Balaban J connectivity index is 1.65. The number of anilines is 1. The second-order valence-corrected chi connectivity index (χ2v) is 9.46. The molecule has 0 aliphatic heterocycles. The molecule has 0 bridgehead atoms. The van der Waals surface area contributed by atoms with E-state index in [1.165, 1.54) is 44.3 Å². The van der Waals surface area contributed by atoms with E-state index in [0.717, 1.165) is 30.7 Å². The Kier molecular flexibility index (Phi) is 7.13. The predicted molar refractivity (Wildman–Crippen MR) is 154 cm³/mol. The number of nitrogens with one attached hydrogen (secondary N) is 1. The van der Waals surface area contributed by atoms with Gasteiger partial charge in [0.2, 0.25) is 0 Å². The summed E-state index contributed by atoms with van der Waals surface area (Å²) in [6.45, 7) is 6.67. The van der Waals surface area contributed by atoms with Gasteiger partial charge in [0, 0.05) is 11.3 Å². The Morgan fingerprint density at radius 1 is 0.722 bits per heavy atom. The van der Waals surface area contributed by atoms with Gasteiger partial charge in [-0.2, -0.15) is 0 Å². The van der Waals surface area contributed by atoms with Crippen LogP contribution >= 0.6 is 0 Å². The van der Waals surface area contributed by atoms with Crippen LogP contribution in [0.2, 0.25) is 0 Å². The second-order valence-electron chi connectivity index (χ2n) is 9.46. The summed E-state index contributed by atoms with van der Waals surface area (Å²) in [6, 6.07) is 36.7. The Morgan fingerprint density at radius 2 is 1.44 bits per heavy atom. The van der Waals surface area contributed by atoms with Gasteiger partial charge in [0.25, 0.3) is 0 Å². The molecule has 0 saturated carbocycles. The van der Waals surface area contributed by atoms with Crippen LogP contribution in [0.15, 0.2) is 103 Å². The first-order valence-corrected chi connectivity index (χ1v) is 13.1. The number of pyridine rings is 1. The zero-order valence-electron chi connectivity index (χ0n) is 21.5. The number of hydrogen-bond donors (Lipinski definition) is 1. The number of hydrogen-bond acceptors (Lipinski definition) is 2. The number of nitrogens with zero attached hydrogens (tertiary/aromatic N) is 1. The van der Waals surface area contributed by atoms with Gasteiger partial charge < -0.3 is 5.32 Å². The second kappa shape index (κ2) is 10.8. The molecule has 1 unspecified atom stereocenters. The van der Waals surface area contributed by atoms with Crippen molar-refractivity contribution in [2.75, 3.05) is 5.32 Å². The van der Waals surface area contributed by atoms with Crippen LogP contribution in [0.3, 0.4) is 0 Å². The molecule has 1 aromatic heterocycles. The van der Waals surface area contributed by atoms with Gasteiger partial charge in [0.05, 0.1) is 17.4 Å². The van der Waals surface area contributed by atoms with Crippen molar-refractivity contribution >= 4 is 16.5 Å². The molecular weight excluding hydrogens is 436 g/mol. The summed E-state index contributed by atoms with van der Waals surface area (Å²) in [7, 11) is 0. The lowest BCUT2D eigenvalue weighted by Gasteiger charge is -2.26. The molecule has 4 aromatic carbocycles. The van der Waals surface area contributed by atoms with Crippen molar-refractivity contribution in [3.05, 3.63) is 131 Å². The van der Waals surface area contributed by atoms with Crippen molar-refractivity contribution in [1.82, 2.24) is 4.98 Å². The van der Waals surface area contributed by atoms with Gasteiger partial charge in [0.15, 0.2) is 0 Å². The van der Waals surface area contributed by atoms with Gasteiger partial charge in [-0.15, -0.1) is 0 Å². The molecule has 0 fully saturated rings. The fourth-order valence-electron chi connectivity index (χ4n) is 5.19. The van der Waals surface area contributed by atoms with E-state index < -0.39 is 0 Å². The van der Waals surface area contributed by atoms with Crippen LogP contribution in [0.25, 0.3) is 22.0 Å². The van der Waals surface area contributed by atoms with Gasteiger partial charge in [-0.3, -0.25) is 4.98 Å². The van der Waals surface area contributed by atoms with Gasteiger partial charge >= 0.3 is 0 Å². The molecule has 0 radical (unpaired) electrons. The number of fused-ring (bicyclic) bond motifs is 1. The highest BCUT2D eigenvalue weighted by molar-refractivity contribution is 5.95. The van der Waals surface area contributed by atoms with Gasteiger partial charge in [-0.25, -0.2) is 0 Å². The highest BCUT2D eigenvalue weighted by atomic mass is 15.0. The Bertz CT molecular complexity index is 1480. The standard InChI is InChI=1S/C34H34N2/c1-4-13-27-18-10-16-25(5-2)33(27)36-34(28-19-8-6-14-24(28)3)32-23-12-22-31(35-32)30-21-11-17-26-15-7-9-20-29(26)30/h6-12,14-23,34,36H,4-5,13H2,1-3H3. The van der Waals surface area contributed by atoms with Crippen molar-refractivity contribution in [1.29, 1.82) is 0 Å². The summed E-state index contributed by atoms with van der Waals surface area (Å²) in [5, 5.41) is 6.44. The lowest BCUT2D eigenvalue weighted by Crippen LogP contribution is -2.17. The maximum Gasteiger partial charge on any atom is 0.0943 e. The fourth-order valence-corrected chi connectivity index (χ4v) is 5.19. The van der Waals surface area contributed by atoms with E-state index in [0.29, 0.717) is 0 Å². The molecule has 0 amide bonds. The first kappa shape index (κ1) is 23.8. The third-order valence-corrected chi connectivity index (χ3v) is 7.06. The highest BCUT2D eigenvalue weighted by Crippen LogP contribution is 2.34. The molecule has 0 spiro atoms. The zero-order valence-corrected chi connectivity index (χ0v) is 21.5. The number of aromatic nitrogens is 1. The van der Waals surface area contributed by atoms with E-state index in [1.807, 2.05) is 0 Å². The maximum absolute atomic E-state index is 5.28. The molecule has 2 nitrogen and oxygen atoms in total. The number of benzene rings is 4. The normalized spacial score (nSPS) is 12.0. The summed E-state index contributed by atoms with van der Waals surface area (Å²) >= 11 is 0. The molecule has 0 aliphatic rings. The Hall–Kier alpha value is -3.91. The molecule has 2 heteroatoms. The van der Waals surface area contributed by atoms with E-state index in [2.05, 4.69) is 129 Å². The molecule has 0 aliphatic carbocycles. The average molecular weight is 471 g/mol. The summed E-state index contributed by atoms with van der Waals surface area (Å²) in [5.74, 6) is 0. The fraction of sp³-hybridized carbons (Fsp3) is 0.206. The van der Waals surface area contributed by atoms with Gasteiger partial charge in [-0.05, 0) is 64.9 Å².